The van der Waals surface area contributed by atoms with Gasteiger partial charge in [-0.1, -0.05) is 18.9 Å². The summed E-state index contributed by atoms with van der Waals surface area (Å²) in [5, 5.41) is 11.0. The Balaban J connectivity index is 1.29. The van der Waals surface area contributed by atoms with Gasteiger partial charge >= 0.3 is 0 Å². The molecule has 142 valence electrons. The Morgan fingerprint density at radius 3 is 2.59 bits per heavy atom. The molecule has 0 aromatic carbocycles. The van der Waals surface area contributed by atoms with Gasteiger partial charge < -0.3 is 9.80 Å². The van der Waals surface area contributed by atoms with Crippen LogP contribution in [-0.4, -0.2) is 47.2 Å². The largest absolute Gasteiger partial charge is 0.352 e. The van der Waals surface area contributed by atoms with Crippen molar-refractivity contribution in [3.8, 4) is 0 Å². The predicted molar refractivity (Wildman–Crippen MR) is 107 cm³/mol. The number of anilines is 1. The van der Waals surface area contributed by atoms with E-state index >= 15 is 0 Å². The summed E-state index contributed by atoms with van der Waals surface area (Å²) in [6.45, 7) is 3.26. The van der Waals surface area contributed by atoms with E-state index in [-0.39, 0.29) is 5.41 Å². The first kappa shape index (κ1) is 17.2. The van der Waals surface area contributed by atoms with Crippen molar-refractivity contribution in [2.75, 3.05) is 31.1 Å². The third-order valence-corrected chi connectivity index (χ3v) is 7.63. The Bertz CT molecular complexity index is 821. The number of aryl methyl sites for hydroxylation is 2. The van der Waals surface area contributed by atoms with Gasteiger partial charge in [0.25, 0.3) is 0 Å². The van der Waals surface area contributed by atoms with E-state index in [9.17, 15) is 4.79 Å². The lowest BCUT2D eigenvalue weighted by Crippen LogP contribution is -2.54. The van der Waals surface area contributed by atoms with Crippen LogP contribution in [0.25, 0.3) is 0 Å². The van der Waals surface area contributed by atoms with Crippen LogP contribution in [0.15, 0.2) is 23.6 Å². The molecule has 5 nitrogen and oxygen atoms in total. The zero-order valence-electron chi connectivity index (χ0n) is 15.7. The summed E-state index contributed by atoms with van der Waals surface area (Å²) in [6, 6.07) is 6.46. The summed E-state index contributed by atoms with van der Waals surface area (Å²) in [5.41, 5.74) is 2.27. The second kappa shape index (κ2) is 6.89. The lowest BCUT2D eigenvalue weighted by molar-refractivity contribution is -0.137. The van der Waals surface area contributed by atoms with Gasteiger partial charge in [0.05, 0.1) is 11.1 Å². The number of rotatable bonds is 3. The highest BCUT2D eigenvalue weighted by atomic mass is 32.1. The summed E-state index contributed by atoms with van der Waals surface area (Å²) in [7, 11) is 0. The second-order valence-electron chi connectivity index (χ2n) is 8.07. The van der Waals surface area contributed by atoms with Crippen LogP contribution in [0.1, 0.15) is 48.2 Å². The monoisotopic (exact) mass is 382 g/mol. The number of amides is 1. The van der Waals surface area contributed by atoms with E-state index in [0.29, 0.717) is 5.91 Å². The molecule has 27 heavy (non-hydrogen) atoms. The third-order valence-electron chi connectivity index (χ3n) is 6.56. The number of carbonyl (C=O) groups is 1. The van der Waals surface area contributed by atoms with Crippen molar-refractivity contribution in [2.45, 2.75) is 50.4 Å². The van der Waals surface area contributed by atoms with E-state index < -0.39 is 0 Å². The molecule has 0 N–H and O–H groups in total. The Morgan fingerprint density at radius 2 is 1.85 bits per heavy atom. The molecule has 5 rings (SSSR count). The number of carbonyl (C=O) groups excluding carboxylic acids is 1. The molecule has 0 atom stereocenters. The van der Waals surface area contributed by atoms with E-state index in [2.05, 4.69) is 43.6 Å². The number of thiophene rings is 1. The third kappa shape index (κ3) is 2.94. The normalized spacial score (nSPS) is 21.5. The van der Waals surface area contributed by atoms with Crippen LogP contribution in [-0.2, 0) is 23.1 Å². The van der Waals surface area contributed by atoms with Gasteiger partial charge in [-0.3, -0.25) is 4.79 Å². The Labute approximate surface area is 164 Å². The molecule has 1 aliphatic heterocycles. The smallest absolute Gasteiger partial charge is 0.234 e. The van der Waals surface area contributed by atoms with E-state index in [1.54, 1.807) is 11.3 Å². The molecule has 0 bridgehead atoms. The summed E-state index contributed by atoms with van der Waals surface area (Å²) in [4.78, 5) is 19.2. The van der Waals surface area contributed by atoms with E-state index in [1.165, 1.54) is 22.6 Å². The lowest BCUT2D eigenvalue weighted by atomic mass is 9.82. The van der Waals surface area contributed by atoms with Gasteiger partial charge in [-0.2, -0.15) is 5.10 Å². The molecule has 1 saturated carbocycles. The molecule has 6 heteroatoms. The molecule has 0 radical (unpaired) electrons. The number of fused-ring (bicyclic) bond motifs is 1. The minimum Gasteiger partial charge on any atom is -0.352 e. The van der Waals surface area contributed by atoms with Crippen molar-refractivity contribution >= 4 is 23.1 Å². The van der Waals surface area contributed by atoms with Crippen molar-refractivity contribution in [2.24, 2.45) is 0 Å². The van der Waals surface area contributed by atoms with E-state index in [1.807, 2.05) is 0 Å². The molecule has 1 saturated heterocycles. The van der Waals surface area contributed by atoms with Crippen molar-refractivity contribution < 1.29 is 4.79 Å². The fourth-order valence-corrected chi connectivity index (χ4v) is 5.99. The first-order valence-electron chi connectivity index (χ1n) is 10.2. The molecule has 1 amide bonds. The highest BCUT2D eigenvalue weighted by Crippen LogP contribution is 2.44. The van der Waals surface area contributed by atoms with Crippen LogP contribution in [0.3, 0.4) is 0 Å². The summed E-state index contributed by atoms with van der Waals surface area (Å²) in [6.07, 6.45) is 7.71. The minimum atomic E-state index is -0.260. The molecular weight excluding hydrogens is 356 g/mol. The summed E-state index contributed by atoms with van der Waals surface area (Å²) >= 11 is 1.74. The maximum absolute atomic E-state index is 13.5. The summed E-state index contributed by atoms with van der Waals surface area (Å²) in [5.74, 6) is 1.33. The van der Waals surface area contributed by atoms with Crippen molar-refractivity contribution in [3.63, 3.8) is 0 Å². The van der Waals surface area contributed by atoms with Crippen molar-refractivity contribution in [1.82, 2.24) is 15.1 Å². The molecule has 3 heterocycles. The van der Waals surface area contributed by atoms with Gasteiger partial charge in [0, 0.05) is 31.1 Å². The van der Waals surface area contributed by atoms with E-state index in [4.69, 9.17) is 0 Å². The van der Waals surface area contributed by atoms with Crippen LogP contribution in [0, 0.1) is 0 Å². The SMILES string of the molecule is O=C(N1CCN(c2cc3c(nn2)CCC3)CC1)C1(c2cccs2)CCCC1. The highest BCUT2D eigenvalue weighted by Gasteiger charge is 2.46. The van der Waals surface area contributed by atoms with Gasteiger partial charge in [-0.15, -0.1) is 16.4 Å². The van der Waals surface area contributed by atoms with E-state index in [0.717, 1.165) is 70.5 Å². The Hall–Kier alpha value is -1.95. The van der Waals surface area contributed by atoms with Crippen molar-refractivity contribution in [3.05, 3.63) is 39.7 Å². The highest BCUT2D eigenvalue weighted by molar-refractivity contribution is 7.10. The van der Waals surface area contributed by atoms with Crippen LogP contribution >= 0.6 is 11.3 Å². The number of hydrogen-bond acceptors (Lipinski definition) is 5. The van der Waals surface area contributed by atoms with Crippen LogP contribution in [0.5, 0.6) is 0 Å². The zero-order chi connectivity index (χ0) is 18.3. The molecule has 2 aliphatic carbocycles. The van der Waals surface area contributed by atoms with Crippen LogP contribution in [0.2, 0.25) is 0 Å². The average molecular weight is 383 g/mol. The second-order valence-corrected chi connectivity index (χ2v) is 9.02. The first-order chi connectivity index (χ1) is 13.3. The molecule has 3 aliphatic rings. The zero-order valence-corrected chi connectivity index (χ0v) is 16.5. The first-order valence-corrected chi connectivity index (χ1v) is 11.1. The van der Waals surface area contributed by atoms with Gasteiger partial charge in [0.2, 0.25) is 5.91 Å². The standard InChI is InChI=1S/C21H26N4OS/c26-20(21(8-1-2-9-21)18-7-4-14-27-18)25-12-10-24(11-13-25)19-15-16-5-3-6-17(16)22-23-19/h4,7,14-15H,1-3,5-6,8-13H2. The van der Waals surface area contributed by atoms with Crippen LogP contribution < -0.4 is 4.90 Å². The quantitative estimate of drug-likeness (QED) is 0.818. The molecule has 0 unspecified atom stereocenters. The number of piperazine rings is 1. The van der Waals surface area contributed by atoms with Gasteiger partial charge in [0.1, 0.15) is 0 Å². The molecule has 2 aromatic rings. The topological polar surface area (TPSA) is 49.3 Å². The number of aromatic nitrogens is 2. The molecule has 0 spiro atoms. The number of hydrogen-bond donors (Lipinski definition) is 0. The fraction of sp³-hybridized carbons (Fsp3) is 0.571. The minimum absolute atomic E-state index is 0.260. The molecular formula is C21H26N4OS. The average Bonchev–Trinajstić information content (AvgIpc) is 3.48. The molecule has 2 aromatic heterocycles. The van der Waals surface area contributed by atoms with Gasteiger partial charge in [-0.25, -0.2) is 0 Å². The Kier molecular flexibility index (Phi) is 4.38. The van der Waals surface area contributed by atoms with Crippen LogP contribution in [0.4, 0.5) is 5.82 Å². The lowest BCUT2D eigenvalue weighted by Gasteiger charge is -2.40. The summed E-state index contributed by atoms with van der Waals surface area (Å²) < 4.78 is 0. The maximum atomic E-state index is 13.5. The number of nitrogens with zero attached hydrogens (tertiary/aromatic N) is 4. The van der Waals surface area contributed by atoms with Gasteiger partial charge in [0.15, 0.2) is 5.82 Å². The maximum Gasteiger partial charge on any atom is 0.234 e. The molecule has 2 fully saturated rings. The Morgan fingerprint density at radius 1 is 1.04 bits per heavy atom. The van der Waals surface area contributed by atoms with Crippen molar-refractivity contribution in [1.29, 1.82) is 0 Å². The van der Waals surface area contributed by atoms with Gasteiger partial charge in [-0.05, 0) is 55.2 Å². The fourth-order valence-electron chi connectivity index (χ4n) is 5.01. The predicted octanol–water partition coefficient (Wildman–Crippen LogP) is 3.19.